The molecule has 0 aliphatic heterocycles. The Morgan fingerprint density at radius 3 is 2.48 bits per heavy atom. The molecule has 0 atom stereocenters. The van der Waals surface area contributed by atoms with E-state index in [1.54, 1.807) is 4.52 Å². The van der Waals surface area contributed by atoms with E-state index in [9.17, 15) is 4.79 Å². The van der Waals surface area contributed by atoms with Crippen LogP contribution in [0, 0.1) is 27.7 Å². The molecule has 146 valence electrons. The van der Waals surface area contributed by atoms with Crippen molar-refractivity contribution >= 4 is 17.4 Å². The molecule has 0 unspecified atom stereocenters. The van der Waals surface area contributed by atoms with Crippen molar-refractivity contribution in [2.45, 2.75) is 34.1 Å². The summed E-state index contributed by atoms with van der Waals surface area (Å²) in [5.74, 6) is 1.09. The van der Waals surface area contributed by atoms with Crippen molar-refractivity contribution in [1.29, 1.82) is 0 Å². The molecule has 29 heavy (non-hydrogen) atoms. The molecule has 0 bridgehead atoms. The monoisotopic (exact) mass is 385 g/mol. The lowest BCUT2D eigenvalue weighted by Crippen LogP contribution is -2.18. The number of benzene rings is 2. The fraction of sp³-hybridized carbons (Fsp3) is 0.217. The zero-order valence-corrected chi connectivity index (χ0v) is 17.0. The Hall–Kier alpha value is -3.54. The maximum atomic E-state index is 12.7. The maximum Gasteiger partial charge on any atom is 0.253 e. The van der Waals surface area contributed by atoms with Crippen LogP contribution in [0.2, 0.25) is 0 Å². The van der Waals surface area contributed by atoms with Crippen LogP contribution in [-0.4, -0.2) is 25.5 Å². The number of aromatic nitrogens is 4. The average molecular weight is 385 g/mol. The van der Waals surface area contributed by atoms with Crippen LogP contribution in [0.15, 0.2) is 48.5 Å². The molecule has 4 rings (SSSR count). The molecular weight excluding hydrogens is 362 g/mol. The predicted octanol–water partition coefficient (Wildman–Crippen LogP) is 4.21. The summed E-state index contributed by atoms with van der Waals surface area (Å²) in [6.07, 6.45) is 0.231. The van der Waals surface area contributed by atoms with Gasteiger partial charge >= 0.3 is 0 Å². The van der Waals surface area contributed by atoms with Gasteiger partial charge in [-0.25, -0.2) is 9.50 Å². The number of rotatable bonds is 4. The molecule has 6 heteroatoms. The number of fused-ring (bicyclic) bond motifs is 1. The quantitative estimate of drug-likeness (QED) is 0.571. The number of aryl methyl sites for hydroxylation is 4. The van der Waals surface area contributed by atoms with Crippen LogP contribution < -0.4 is 5.32 Å². The first-order valence-corrected chi connectivity index (χ1v) is 9.58. The van der Waals surface area contributed by atoms with Crippen LogP contribution in [-0.2, 0) is 11.2 Å². The average Bonchev–Trinajstić information content (AvgIpc) is 3.12. The van der Waals surface area contributed by atoms with Gasteiger partial charge in [0.05, 0.1) is 6.42 Å². The van der Waals surface area contributed by atoms with Crippen molar-refractivity contribution in [2.24, 2.45) is 0 Å². The standard InChI is InChI=1S/C23H23N5O/c1-14-10-11-20(15(2)12-14)25-21(29)13-19-16(3)24-23-26-22(27-28(23)17(19)4)18-8-6-5-7-9-18/h5-12H,13H2,1-4H3,(H,25,29). The Kier molecular flexibility index (Phi) is 4.84. The van der Waals surface area contributed by atoms with E-state index >= 15 is 0 Å². The molecule has 0 aliphatic rings. The number of amides is 1. The Morgan fingerprint density at radius 2 is 1.76 bits per heavy atom. The molecule has 2 aromatic carbocycles. The van der Waals surface area contributed by atoms with Crippen LogP contribution >= 0.6 is 0 Å². The number of carbonyl (C=O) groups excluding carboxylic acids is 1. The van der Waals surface area contributed by atoms with Crippen molar-refractivity contribution in [1.82, 2.24) is 19.6 Å². The van der Waals surface area contributed by atoms with Gasteiger partial charge in [-0.05, 0) is 39.3 Å². The Balaban J connectivity index is 1.64. The van der Waals surface area contributed by atoms with Crippen molar-refractivity contribution in [3.63, 3.8) is 0 Å². The Labute approximate surface area is 169 Å². The SMILES string of the molecule is Cc1ccc(NC(=O)Cc2c(C)nc3nc(-c4ccccc4)nn3c2C)c(C)c1. The van der Waals surface area contributed by atoms with Crippen LogP contribution in [0.3, 0.4) is 0 Å². The summed E-state index contributed by atoms with van der Waals surface area (Å²) in [7, 11) is 0. The van der Waals surface area contributed by atoms with E-state index in [1.807, 2.05) is 70.2 Å². The molecule has 0 aliphatic carbocycles. The van der Waals surface area contributed by atoms with E-state index in [0.717, 1.165) is 33.8 Å². The minimum atomic E-state index is -0.0762. The van der Waals surface area contributed by atoms with Crippen LogP contribution in [0.1, 0.15) is 28.1 Å². The summed E-state index contributed by atoms with van der Waals surface area (Å²) in [5.41, 5.74) is 6.51. The van der Waals surface area contributed by atoms with Crippen molar-refractivity contribution < 1.29 is 4.79 Å². The number of nitrogens with zero attached hydrogens (tertiary/aromatic N) is 4. The lowest BCUT2D eigenvalue weighted by atomic mass is 10.1. The van der Waals surface area contributed by atoms with Crippen molar-refractivity contribution in [3.05, 3.63) is 76.6 Å². The second-order valence-corrected chi connectivity index (χ2v) is 7.32. The third kappa shape index (κ3) is 3.74. The van der Waals surface area contributed by atoms with Crippen LogP contribution in [0.5, 0.6) is 0 Å². The van der Waals surface area contributed by atoms with Gasteiger partial charge in [0.2, 0.25) is 5.91 Å². The lowest BCUT2D eigenvalue weighted by molar-refractivity contribution is -0.115. The van der Waals surface area contributed by atoms with Crippen LogP contribution in [0.4, 0.5) is 5.69 Å². The summed E-state index contributed by atoms with van der Waals surface area (Å²) < 4.78 is 1.72. The third-order valence-electron chi connectivity index (χ3n) is 5.07. The number of hydrogen-bond donors (Lipinski definition) is 1. The molecule has 4 aromatic rings. The highest BCUT2D eigenvalue weighted by Crippen LogP contribution is 2.20. The second-order valence-electron chi connectivity index (χ2n) is 7.32. The highest BCUT2D eigenvalue weighted by molar-refractivity contribution is 5.93. The molecule has 0 radical (unpaired) electrons. The smallest absolute Gasteiger partial charge is 0.253 e. The minimum absolute atomic E-state index is 0.0762. The molecule has 6 nitrogen and oxygen atoms in total. The van der Waals surface area contributed by atoms with Gasteiger partial charge in [0, 0.05) is 28.2 Å². The molecule has 0 fully saturated rings. The molecule has 0 spiro atoms. The third-order valence-corrected chi connectivity index (χ3v) is 5.07. The van der Waals surface area contributed by atoms with E-state index < -0.39 is 0 Å². The van der Waals surface area contributed by atoms with E-state index in [1.165, 1.54) is 5.56 Å². The molecule has 2 aromatic heterocycles. The van der Waals surface area contributed by atoms with Crippen molar-refractivity contribution in [2.75, 3.05) is 5.32 Å². The number of anilines is 1. The van der Waals surface area contributed by atoms with E-state index in [0.29, 0.717) is 11.6 Å². The first kappa shape index (κ1) is 18.8. The lowest BCUT2D eigenvalue weighted by Gasteiger charge is -2.12. The molecule has 0 saturated heterocycles. The molecule has 0 saturated carbocycles. The molecule has 1 N–H and O–H groups in total. The number of hydrogen-bond acceptors (Lipinski definition) is 4. The molecule has 2 heterocycles. The predicted molar refractivity (Wildman–Crippen MR) is 114 cm³/mol. The zero-order valence-electron chi connectivity index (χ0n) is 17.0. The van der Waals surface area contributed by atoms with Gasteiger partial charge in [-0.15, -0.1) is 5.10 Å². The van der Waals surface area contributed by atoms with E-state index in [4.69, 9.17) is 0 Å². The number of nitrogens with one attached hydrogen (secondary N) is 1. The van der Waals surface area contributed by atoms with Gasteiger partial charge in [0.1, 0.15) is 0 Å². The first-order chi connectivity index (χ1) is 13.9. The fourth-order valence-corrected chi connectivity index (χ4v) is 3.48. The molecular formula is C23H23N5O. The van der Waals surface area contributed by atoms with Crippen LogP contribution in [0.25, 0.3) is 17.2 Å². The second kappa shape index (κ2) is 7.47. The normalized spacial score (nSPS) is 11.0. The largest absolute Gasteiger partial charge is 0.326 e. The first-order valence-electron chi connectivity index (χ1n) is 9.58. The summed E-state index contributed by atoms with van der Waals surface area (Å²) in [6, 6.07) is 15.8. The van der Waals surface area contributed by atoms with Gasteiger partial charge < -0.3 is 5.32 Å². The minimum Gasteiger partial charge on any atom is -0.326 e. The zero-order chi connectivity index (χ0) is 20.5. The van der Waals surface area contributed by atoms with Gasteiger partial charge in [0.15, 0.2) is 5.82 Å². The Bertz CT molecular complexity index is 1210. The highest BCUT2D eigenvalue weighted by atomic mass is 16.1. The summed E-state index contributed by atoms with van der Waals surface area (Å²) in [4.78, 5) is 21.8. The summed E-state index contributed by atoms with van der Waals surface area (Å²) >= 11 is 0. The molecule has 1 amide bonds. The summed E-state index contributed by atoms with van der Waals surface area (Å²) in [6.45, 7) is 7.88. The van der Waals surface area contributed by atoms with Gasteiger partial charge in [-0.3, -0.25) is 4.79 Å². The Morgan fingerprint density at radius 1 is 1.00 bits per heavy atom. The number of carbonyl (C=O) groups is 1. The highest BCUT2D eigenvalue weighted by Gasteiger charge is 2.17. The summed E-state index contributed by atoms with van der Waals surface area (Å²) in [5, 5.41) is 7.62. The van der Waals surface area contributed by atoms with E-state index in [2.05, 4.69) is 26.4 Å². The van der Waals surface area contributed by atoms with Gasteiger partial charge in [-0.2, -0.15) is 4.98 Å². The topological polar surface area (TPSA) is 72.2 Å². The van der Waals surface area contributed by atoms with Gasteiger partial charge in [-0.1, -0.05) is 48.0 Å². The maximum absolute atomic E-state index is 12.7. The van der Waals surface area contributed by atoms with Crippen molar-refractivity contribution in [3.8, 4) is 11.4 Å². The van der Waals surface area contributed by atoms with Gasteiger partial charge in [0.25, 0.3) is 5.78 Å². The van der Waals surface area contributed by atoms with E-state index in [-0.39, 0.29) is 12.3 Å². The fourth-order valence-electron chi connectivity index (χ4n) is 3.48.